The van der Waals surface area contributed by atoms with Crippen LogP contribution in [0.15, 0.2) is 0 Å². The first-order valence-corrected chi connectivity index (χ1v) is 3.38. The van der Waals surface area contributed by atoms with Crippen LogP contribution in [0, 0.1) is 0 Å². The van der Waals surface area contributed by atoms with Crippen molar-refractivity contribution in [2.24, 2.45) is 11.5 Å². The van der Waals surface area contributed by atoms with Crippen LogP contribution >= 0.6 is 0 Å². The van der Waals surface area contributed by atoms with E-state index in [4.69, 9.17) is 11.5 Å². The van der Waals surface area contributed by atoms with E-state index in [9.17, 15) is 8.78 Å². The van der Waals surface area contributed by atoms with Crippen molar-refractivity contribution in [3.8, 4) is 0 Å². The van der Waals surface area contributed by atoms with Crippen LogP contribution in [0.2, 0.25) is 0 Å². The smallest absolute Gasteiger partial charge is 0.251 e. The number of alkyl halides is 2. The van der Waals surface area contributed by atoms with Crippen molar-refractivity contribution in [1.82, 2.24) is 0 Å². The van der Waals surface area contributed by atoms with E-state index in [1.54, 1.807) is 0 Å². The molecule has 2 unspecified atom stereocenters. The van der Waals surface area contributed by atoms with Gasteiger partial charge in [-0.3, -0.25) is 0 Å². The highest BCUT2D eigenvalue weighted by Crippen LogP contribution is 2.31. The summed E-state index contributed by atoms with van der Waals surface area (Å²) in [6.07, 6.45) is 0.108. The quantitative estimate of drug-likeness (QED) is 0.527. The molecule has 1 aliphatic rings. The van der Waals surface area contributed by atoms with E-state index < -0.39 is 18.0 Å². The van der Waals surface area contributed by atoms with Crippen LogP contribution in [0.5, 0.6) is 0 Å². The maximum absolute atomic E-state index is 12.5. The first-order valence-electron chi connectivity index (χ1n) is 3.38. The van der Waals surface area contributed by atoms with Gasteiger partial charge in [-0.05, 0) is 6.42 Å². The third kappa shape index (κ3) is 1.88. The van der Waals surface area contributed by atoms with E-state index in [0.29, 0.717) is 6.42 Å². The molecule has 1 saturated carbocycles. The van der Waals surface area contributed by atoms with Gasteiger partial charge in [-0.25, -0.2) is 8.78 Å². The molecular weight excluding hydrogens is 138 g/mol. The summed E-state index contributed by atoms with van der Waals surface area (Å²) in [5.74, 6) is -2.63. The summed E-state index contributed by atoms with van der Waals surface area (Å²) in [4.78, 5) is 0. The summed E-state index contributed by atoms with van der Waals surface area (Å²) >= 11 is 0. The Morgan fingerprint density at radius 1 is 1.10 bits per heavy atom. The zero-order chi connectivity index (χ0) is 7.78. The van der Waals surface area contributed by atoms with Gasteiger partial charge in [0, 0.05) is 24.9 Å². The van der Waals surface area contributed by atoms with Gasteiger partial charge in [0.15, 0.2) is 0 Å². The Hall–Kier alpha value is -0.220. The lowest BCUT2D eigenvalue weighted by molar-refractivity contribution is -0.0455. The standard InChI is InChI=1S/C6H12F2N2/c7-6(8)2-4(9)1-5(10)3-6/h4-5H,1-3,9-10H2. The molecular formula is C6H12F2N2. The largest absolute Gasteiger partial charge is 0.327 e. The molecule has 60 valence electrons. The fraction of sp³-hybridized carbons (Fsp3) is 1.00. The number of rotatable bonds is 0. The van der Waals surface area contributed by atoms with E-state index in [1.807, 2.05) is 0 Å². The maximum Gasteiger partial charge on any atom is 0.251 e. The molecule has 0 amide bonds. The average molecular weight is 150 g/mol. The van der Waals surface area contributed by atoms with Crippen molar-refractivity contribution in [3.63, 3.8) is 0 Å². The summed E-state index contributed by atoms with van der Waals surface area (Å²) in [7, 11) is 0. The third-order valence-electron chi connectivity index (χ3n) is 1.73. The molecule has 2 atom stereocenters. The molecule has 2 nitrogen and oxygen atoms in total. The van der Waals surface area contributed by atoms with E-state index >= 15 is 0 Å². The monoisotopic (exact) mass is 150 g/mol. The number of hydrogen-bond donors (Lipinski definition) is 2. The van der Waals surface area contributed by atoms with Crippen molar-refractivity contribution in [1.29, 1.82) is 0 Å². The molecule has 4 N–H and O–H groups in total. The minimum atomic E-state index is -2.63. The Morgan fingerprint density at radius 3 is 1.80 bits per heavy atom. The molecule has 0 spiro atoms. The Balaban J connectivity index is 2.51. The zero-order valence-corrected chi connectivity index (χ0v) is 5.69. The molecule has 1 rings (SSSR count). The van der Waals surface area contributed by atoms with Gasteiger partial charge in [0.2, 0.25) is 0 Å². The van der Waals surface area contributed by atoms with Crippen LogP contribution in [-0.2, 0) is 0 Å². The van der Waals surface area contributed by atoms with Crippen molar-refractivity contribution in [2.75, 3.05) is 0 Å². The Bertz CT molecular complexity index is 115. The Morgan fingerprint density at radius 2 is 1.50 bits per heavy atom. The maximum atomic E-state index is 12.5. The lowest BCUT2D eigenvalue weighted by Crippen LogP contribution is -2.45. The molecule has 0 bridgehead atoms. The Kier molecular flexibility index (Phi) is 1.92. The zero-order valence-electron chi connectivity index (χ0n) is 5.69. The van der Waals surface area contributed by atoms with Crippen LogP contribution in [0.4, 0.5) is 8.78 Å². The molecule has 0 heterocycles. The number of nitrogens with two attached hydrogens (primary N) is 2. The molecule has 4 heteroatoms. The van der Waals surface area contributed by atoms with Gasteiger partial charge in [0.05, 0.1) is 0 Å². The van der Waals surface area contributed by atoms with Gasteiger partial charge in [-0.2, -0.15) is 0 Å². The van der Waals surface area contributed by atoms with Crippen LogP contribution in [0.3, 0.4) is 0 Å². The predicted octanol–water partition coefficient (Wildman–Crippen LogP) is 0.460. The average Bonchev–Trinajstić information content (AvgIpc) is 1.54. The fourth-order valence-electron chi connectivity index (χ4n) is 1.41. The lowest BCUT2D eigenvalue weighted by atomic mass is 9.89. The van der Waals surface area contributed by atoms with Crippen LogP contribution in [0.1, 0.15) is 19.3 Å². The molecule has 0 aromatic rings. The molecule has 0 saturated heterocycles. The van der Waals surface area contributed by atoms with Crippen LogP contribution in [0.25, 0.3) is 0 Å². The minimum absolute atomic E-state index is 0.208. The SMILES string of the molecule is NC1CC(N)CC(F)(F)C1. The lowest BCUT2D eigenvalue weighted by Gasteiger charge is -2.30. The molecule has 10 heavy (non-hydrogen) atoms. The van der Waals surface area contributed by atoms with Gasteiger partial charge in [0.1, 0.15) is 0 Å². The highest BCUT2D eigenvalue weighted by atomic mass is 19.3. The summed E-state index contributed by atoms with van der Waals surface area (Å²) in [6.45, 7) is 0. The Labute approximate surface area is 58.6 Å². The van der Waals surface area contributed by atoms with Crippen LogP contribution in [-0.4, -0.2) is 18.0 Å². The molecule has 1 fully saturated rings. The van der Waals surface area contributed by atoms with Crippen molar-refractivity contribution in [3.05, 3.63) is 0 Å². The molecule has 0 aromatic carbocycles. The minimum Gasteiger partial charge on any atom is -0.327 e. The second kappa shape index (κ2) is 2.43. The topological polar surface area (TPSA) is 52.0 Å². The van der Waals surface area contributed by atoms with Gasteiger partial charge in [-0.1, -0.05) is 0 Å². The third-order valence-corrected chi connectivity index (χ3v) is 1.73. The van der Waals surface area contributed by atoms with Crippen molar-refractivity contribution >= 4 is 0 Å². The molecule has 0 aliphatic heterocycles. The van der Waals surface area contributed by atoms with Crippen molar-refractivity contribution in [2.45, 2.75) is 37.3 Å². The second-order valence-electron chi connectivity index (χ2n) is 3.02. The number of halogens is 2. The van der Waals surface area contributed by atoms with Gasteiger partial charge >= 0.3 is 0 Å². The van der Waals surface area contributed by atoms with Gasteiger partial charge in [-0.15, -0.1) is 0 Å². The highest BCUT2D eigenvalue weighted by Gasteiger charge is 2.38. The van der Waals surface area contributed by atoms with Crippen LogP contribution < -0.4 is 11.5 Å². The fourth-order valence-corrected chi connectivity index (χ4v) is 1.41. The van der Waals surface area contributed by atoms with E-state index in [-0.39, 0.29) is 12.8 Å². The van der Waals surface area contributed by atoms with Gasteiger partial charge < -0.3 is 11.5 Å². The predicted molar refractivity (Wildman–Crippen MR) is 34.7 cm³/mol. The summed E-state index contributed by atoms with van der Waals surface area (Å²) in [5.41, 5.74) is 10.7. The normalized spacial score (nSPS) is 39.6. The molecule has 1 aliphatic carbocycles. The van der Waals surface area contributed by atoms with E-state index in [2.05, 4.69) is 0 Å². The molecule has 0 radical (unpaired) electrons. The summed E-state index contributed by atoms with van der Waals surface area (Å²) in [6, 6.07) is -0.836. The first-order chi connectivity index (χ1) is 4.49. The second-order valence-corrected chi connectivity index (χ2v) is 3.02. The van der Waals surface area contributed by atoms with E-state index in [0.717, 1.165) is 0 Å². The van der Waals surface area contributed by atoms with E-state index in [1.165, 1.54) is 0 Å². The van der Waals surface area contributed by atoms with Crippen molar-refractivity contribution < 1.29 is 8.78 Å². The summed E-state index contributed by atoms with van der Waals surface area (Å²) in [5, 5.41) is 0. The highest BCUT2D eigenvalue weighted by molar-refractivity contribution is 4.87. The summed E-state index contributed by atoms with van der Waals surface area (Å²) < 4.78 is 25.1. The van der Waals surface area contributed by atoms with Gasteiger partial charge in [0.25, 0.3) is 5.92 Å². The molecule has 0 aromatic heterocycles. The number of hydrogen-bond acceptors (Lipinski definition) is 2. The first kappa shape index (κ1) is 7.88.